The number of piperidine rings is 1. The zero-order chi connectivity index (χ0) is 29.1. The number of para-hydroxylation sites is 1. The van der Waals surface area contributed by atoms with Crippen LogP contribution in [0.25, 0.3) is 10.9 Å². The molecule has 1 saturated heterocycles. The number of nitrogens with two attached hydrogens (primary N) is 1. The highest BCUT2D eigenvalue weighted by atomic mass is 16.2. The maximum Gasteiger partial charge on any atom is 0.245 e. The van der Waals surface area contributed by atoms with Gasteiger partial charge >= 0.3 is 0 Å². The summed E-state index contributed by atoms with van der Waals surface area (Å²) in [6.45, 7) is 4.03. The first-order valence-electron chi connectivity index (χ1n) is 13.8. The van der Waals surface area contributed by atoms with Gasteiger partial charge < -0.3 is 20.9 Å². The van der Waals surface area contributed by atoms with Crippen LogP contribution >= 0.6 is 0 Å². The molecule has 0 aliphatic carbocycles. The molecule has 2 heterocycles. The Morgan fingerprint density at radius 2 is 1.75 bits per heavy atom. The van der Waals surface area contributed by atoms with Crippen molar-refractivity contribution in [3.8, 4) is 0 Å². The van der Waals surface area contributed by atoms with Gasteiger partial charge in [-0.1, -0.05) is 48.5 Å². The van der Waals surface area contributed by atoms with E-state index in [1.54, 1.807) is 35.8 Å². The summed E-state index contributed by atoms with van der Waals surface area (Å²) in [4.78, 5) is 46.2. The van der Waals surface area contributed by atoms with Gasteiger partial charge in [0.1, 0.15) is 6.04 Å². The van der Waals surface area contributed by atoms with Crippen molar-refractivity contribution in [1.82, 2.24) is 25.2 Å². The predicted molar refractivity (Wildman–Crippen MR) is 157 cm³/mol. The van der Waals surface area contributed by atoms with Crippen LogP contribution in [-0.2, 0) is 27.2 Å². The molecule has 0 unspecified atom stereocenters. The van der Waals surface area contributed by atoms with Crippen LogP contribution < -0.4 is 11.1 Å². The van der Waals surface area contributed by atoms with Crippen molar-refractivity contribution in [2.24, 2.45) is 11.1 Å². The number of aromatic amines is 1. The molecule has 214 valence electrons. The van der Waals surface area contributed by atoms with E-state index in [9.17, 15) is 14.4 Å². The van der Waals surface area contributed by atoms with E-state index < -0.39 is 22.9 Å². The van der Waals surface area contributed by atoms with E-state index in [1.165, 1.54) is 0 Å². The summed E-state index contributed by atoms with van der Waals surface area (Å²) in [5, 5.41) is 7.32. The molecule has 40 heavy (non-hydrogen) atoms. The van der Waals surface area contributed by atoms with Gasteiger partial charge in [0.05, 0.1) is 11.0 Å². The number of carbonyl (C=O) groups is 3. The number of hydrogen-bond donors (Lipinski definition) is 3. The van der Waals surface area contributed by atoms with Crippen LogP contribution in [0.1, 0.15) is 37.8 Å². The summed E-state index contributed by atoms with van der Waals surface area (Å²) in [6, 6.07) is 17.0. The van der Waals surface area contributed by atoms with Crippen LogP contribution in [0, 0.1) is 5.41 Å². The fourth-order valence-electron chi connectivity index (χ4n) is 5.51. The number of rotatable bonds is 9. The number of hydrazine groups is 1. The van der Waals surface area contributed by atoms with E-state index in [2.05, 4.69) is 10.3 Å². The maximum atomic E-state index is 14.2. The lowest BCUT2D eigenvalue weighted by atomic mass is 9.74. The fourth-order valence-corrected chi connectivity index (χ4v) is 5.51. The lowest BCUT2D eigenvalue weighted by molar-refractivity contribution is -0.159. The van der Waals surface area contributed by atoms with E-state index in [-0.39, 0.29) is 18.4 Å². The highest BCUT2D eigenvalue weighted by molar-refractivity contribution is 5.93. The van der Waals surface area contributed by atoms with Gasteiger partial charge in [-0.2, -0.15) is 0 Å². The summed E-state index contributed by atoms with van der Waals surface area (Å²) in [7, 11) is 5.43. The van der Waals surface area contributed by atoms with Gasteiger partial charge in [0, 0.05) is 57.8 Å². The number of fused-ring (bicyclic) bond motifs is 1. The van der Waals surface area contributed by atoms with Crippen molar-refractivity contribution < 1.29 is 14.4 Å². The third kappa shape index (κ3) is 6.37. The predicted octanol–water partition coefficient (Wildman–Crippen LogP) is 2.72. The minimum Gasteiger partial charge on any atom is -0.361 e. The Morgan fingerprint density at radius 3 is 2.42 bits per heavy atom. The molecular formula is C31H42N6O3. The molecule has 1 aliphatic rings. The van der Waals surface area contributed by atoms with E-state index in [4.69, 9.17) is 5.73 Å². The van der Waals surface area contributed by atoms with Gasteiger partial charge in [-0.3, -0.25) is 19.4 Å². The van der Waals surface area contributed by atoms with Gasteiger partial charge in [-0.25, -0.2) is 5.01 Å². The Balaban J connectivity index is 1.66. The van der Waals surface area contributed by atoms with Gasteiger partial charge in [0.2, 0.25) is 17.7 Å². The molecule has 2 atom stereocenters. The van der Waals surface area contributed by atoms with Crippen molar-refractivity contribution >= 4 is 28.6 Å². The quantitative estimate of drug-likeness (QED) is 0.357. The topological polar surface area (TPSA) is 115 Å². The zero-order valence-electron chi connectivity index (χ0n) is 24.2. The smallest absolute Gasteiger partial charge is 0.245 e. The van der Waals surface area contributed by atoms with Crippen LogP contribution in [0.5, 0.6) is 0 Å². The molecule has 0 bridgehead atoms. The number of nitrogens with zero attached hydrogens (tertiary/aromatic N) is 3. The molecule has 1 aromatic heterocycles. The summed E-state index contributed by atoms with van der Waals surface area (Å²) in [6.07, 6.45) is 4.05. The highest BCUT2D eigenvalue weighted by Crippen LogP contribution is 2.36. The SMILES string of the molecule is CN(C)N(C)C(=O)[C@@]1(Cc2ccccc2)CCCN(C(=O)[C@H](Cc2c[nH]c3ccccc23)NC(=O)C(C)(C)N)C1. The van der Waals surface area contributed by atoms with Crippen LogP contribution in [-0.4, -0.2) is 83.4 Å². The number of hydrogen-bond acceptors (Lipinski definition) is 5. The molecule has 4 rings (SSSR count). The van der Waals surface area contributed by atoms with Crippen LogP contribution in [0.4, 0.5) is 0 Å². The molecule has 3 aromatic rings. The first kappa shape index (κ1) is 29.3. The molecule has 0 saturated carbocycles. The van der Waals surface area contributed by atoms with Crippen molar-refractivity contribution in [1.29, 1.82) is 0 Å². The number of H-pyrrole nitrogens is 1. The molecule has 0 radical (unpaired) electrons. The molecule has 1 fully saturated rings. The van der Waals surface area contributed by atoms with E-state index in [0.717, 1.165) is 22.0 Å². The second-order valence-electron chi connectivity index (χ2n) is 11.8. The Bertz CT molecular complexity index is 1350. The minimum absolute atomic E-state index is 0.0286. The number of aromatic nitrogens is 1. The summed E-state index contributed by atoms with van der Waals surface area (Å²) in [5.74, 6) is -0.638. The number of amides is 3. The van der Waals surface area contributed by atoms with Crippen molar-refractivity contribution in [2.45, 2.75) is 51.1 Å². The first-order chi connectivity index (χ1) is 18.9. The number of likely N-dealkylation sites (tertiary alicyclic amines) is 1. The molecule has 1 aliphatic heterocycles. The molecule has 4 N–H and O–H groups in total. The van der Waals surface area contributed by atoms with E-state index in [0.29, 0.717) is 32.2 Å². The van der Waals surface area contributed by atoms with Gasteiger partial charge in [-0.05, 0) is 50.3 Å². The van der Waals surface area contributed by atoms with Crippen molar-refractivity contribution in [2.75, 3.05) is 34.2 Å². The van der Waals surface area contributed by atoms with Gasteiger partial charge in [0.25, 0.3) is 0 Å². The maximum absolute atomic E-state index is 14.2. The minimum atomic E-state index is -1.15. The third-order valence-electron chi connectivity index (χ3n) is 7.91. The summed E-state index contributed by atoms with van der Waals surface area (Å²) < 4.78 is 0. The second kappa shape index (κ2) is 11.8. The van der Waals surface area contributed by atoms with Crippen molar-refractivity contribution in [3.05, 3.63) is 71.9 Å². The Hall–Kier alpha value is -3.69. The summed E-state index contributed by atoms with van der Waals surface area (Å²) >= 11 is 0. The van der Waals surface area contributed by atoms with Gasteiger partial charge in [0.15, 0.2) is 0 Å². The highest BCUT2D eigenvalue weighted by Gasteiger charge is 2.46. The van der Waals surface area contributed by atoms with E-state index in [1.807, 2.05) is 74.9 Å². The fraction of sp³-hybridized carbons (Fsp3) is 0.452. The Morgan fingerprint density at radius 1 is 1.07 bits per heavy atom. The lowest BCUT2D eigenvalue weighted by Crippen LogP contribution is -2.61. The average Bonchev–Trinajstić information content (AvgIpc) is 3.34. The standard InChI is InChI=1S/C31H42N6O3/c1-30(2,32)28(39)34-26(18-23-20-33-25-15-10-9-14-24(23)25)27(38)37-17-11-16-31(21-37,29(40)36(5)35(3)4)19-22-12-7-6-8-13-22/h6-10,12-15,20,26,33H,11,16-19,21,32H2,1-5H3,(H,34,39)/t26-,31+/m0/s1. The van der Waals surface area contributed by atoms with Crippen molar-refractivity contribution in [3.63, 3.8) is 0 Å². The second-order valence-corrected chi connectivity index (χ2v) is 11.8. The molecule has 2 aromatic carbocycles. The monoisotopic (exact) mass is 546 g/mol. The average molecular weight is 547 g/mol. The Labute approximate surface area is 236 Å². The Kier molecular flexibility index (Phi) is 8.65. The number of benzene rings is 2. The third-order valence-corrected chi connectivity index (χ3v) is 7.91. The van der Waals surface area contributed by atoms with Crippen LogP contribution in [0.3, 0.4) is 0 Å². The van der Waals surface area contributed by atoms with Gasteiger partial charge in [-0.15, -0.1) is 0 Å². The molecule has 9 nitrogen and oxygen atoms in total. The zero-order valence-corrected chi connectivity index (χ0v) is 24.2. The van der Waals surface area contributed by atoms with Crippen LogP contribution in [0.2, 0.25) is 0 Å². The normalized spacial score (nSPS) is 18.5. The number of nitrogens with one attached hydrogen (secondary N) is 2. The summed E-state index contributed by atoms with van der Waals surface area (Å²) in [5.41, 5.74) is 7.10. The lowest BCUT2D eigenvalue weighted by Gasteiger charge is -2.45. The van der Waals surface area contributed by atoms with Crippen LogP contribution in [0.15, 0.2) is 60.8 Å². The number of carbonyl (C=O) groups excluding carboxylic acids is 3. The largest absolute Gasteiger partial charge is 0.361 e. The van der Waals surface area contributed by atoms with E-state index >= 15 is 0 Å². The first-order valence-corrected chi connectivity index (χ1v) is 13.8. The molecule has 0 spiro atoms. The molecule has 3 amide bonds. The molecular weight excluding hydrogens is 504 g/mol. The molecule has 9 heteroatoms.